The van der Waals surface area contributed by atoms with Crippen molar-refractivity contribution in [1.29, 1.82) is 0 Å². The second-order valence-corrected chi connectivity index (χ2v) is 5.18. The van der Waals surface area contributed by atoms with E-state index in [2.05, 4.69) is 10.1 Å². The second-order valence-electron chi connectivity index (χ2n) is 4.16. The van der Waals surface area contributed by atoms with Gasteiger partial charge in [0.25, 0.3) is 0 Å². The minimum absolute atomic E-state index is 0.218. The summed E-state index contributed by atoms with van der Waals surface area (Å²) in [6, 6.07) is 6.40. The summed E-state index contributed by atoms with van der Waals surface area (Å²) < 4.78 is 18.5. The molecule has 0 saturated heterocycles. The molecule has 1 heterocycles. The summed E-state index contributed by atoms with van der Waals surface area (Å²) in [6.07, 6.45) is 1.77. The molecular weight excluding hydrogens is 265 g/mol. The molecule has 0 aliphatic carbocycles. The molecule has 0 amide bonds. The van der Waals surface area contributed by atoms with Gasteiger partial charge in [0.2, 0.25) is 5.89 Å². The monoisotopic (exact) mass is 281 g/mol. The van der Waals surface area contributed by atoms with Crippen LogP contribution in [0.15, 0.2) is 33.7 Å². The van der Waals surface area contributed by atoms with E-state index in [-0.39, 0.29) is 11.9 Å². The Bertz CT molecular complexity index is 532. The maximum atomic E-state index is 13.4. The average Bonchev–Trinajstić information content (AvgIpc) is 2.87. The summed E-state index contributed by atoms with van der Waals surface area (Å²) in [7, 11) is 0. The van der Waals surface area contributed by atoms with Crippen molar-refractivity contribution in [3.8, 4) is 0 Å². The Morgan fingerprint density at radius 2 is 2.21 bits per heavy atom. The van der Waals surface area contributed by atoms with Crippen LogP contribution in [0.4, 0.5) is 4.39 Å². The molecule has 0 bridgehead atoms. The first-order chi connectivity index (χ1) is 9.20. The molecule has 0 saturated carbocycles. The van der Waals surface area contributed by atoms with Crippen LogP contribution in [0, 0.1) is 5.82 Å². The van der Waals surface area contributed by atoms with Gasteiger partial charge in [-0.3, -0.25) is 0 Å². The lowest BCUT2D eigenvalue weighted by atomic mass is 10.2. The number of nitrogens with zero attached hydrogens (tertiary/aromatic N) is 2. The van der Waals surface area contributed by atoms with Gasteiger partial charge in [-0.15, -0.1) is 11.8 Å². The van der Waals surface area contributed by atoms with E-state index < -0.39 is 0 Å². The smallest absolute Gasteiger partial charge is 0.243 e. The van der Waals surface area contributed by atoms with Crippen LogP contribution in [0.5, 0.6) is 0 Å². The molecule has 2 N–H and O–H groups in total. The van der Waals surface area contributed by atoms with Crippen LogP contribution in [0.2, 0.25) is 0 Å². The van der Waals surface area contributed by atoms with E-state index in [1.165, 1.54) is 17.8 Å². The Kier molecular flexibility index (Phi) is 4.93. The predicted molar refractivity (Wildman–Crippen MR) is 72.1 cm³/mol. The van der Waals surface area contributed by atoms with E-state index in [1.54, 1.807) is 18.2 Å². The third-order valence-electron chi connectivity index (χ3n) is 2.59. The van der Waals surface area contributed by atoms with Crippen LogP contribution >= 0.6 is 11.8 Å². The predicted octanol–water partition coefficient (Wildman–Crippen LogP) is 3.30. The maximum absolute atomic E-state index is 13.4. The van der Waals surface area contributed by atoms with Crippen molar-refractivity contribution >= 4 is 11.8 Å². The minimum atomic E-state index is -0.237. The lowest BCUT2D eigenvalue weighted by Crippen LogP contribution is -2.10. The Labute approximate surface area is 115 Å². The largest absolute Gasteiger partial charge is 0.338 e. The lowest BCUT2D eigenvalue weighted by Gasteiger charge is -2.02. The number of aromatic nitrogens is 2. The fraction of sp³-hybridized carbons (Fsp3) is 0.385. The summed E-state index contributed by atoms with van der Waals surface area (Å²) in [5, 5.41) is 3.85. The highest BCUT2D eigenvalue weighted by atomic mass is 32.2. The molecule has 1 aromatic heterocycles. The van der Waals surface area contributed by atoms with E-state index in [1.807, 2.05) is 6.92 Å². The number of nitrogens with two attached hydrogens (primary N) is 1. The van der Waals surface area contributed by atoms with Gasteiger partial charge in [0.1, 0.15) is 5.82 Å². The number of rotatable bonds is 6. The fourth-order valence-corrected chi connectivity index (χ4v) is 2.40. The normalized spacial score (nSPS) is 12.6. The molecule has 6 heteroatoms. The Balaban J connectivity index is 1.95. The summed E-state index contributed by atoms with van der Waals surface area (Å²) in [4.78, 5) is 4.80. The molecule has 0 unspecified atom stereocenters. The highest BCUT2D eigenvalue weighted by Crippen LogP contribution is 2.24. The van der Waals surface area contributed by atoms with Gasteiger partial charge in [-0.1, -0.05) is 30.6 Å². The molecule has 0 radical (unpaired) electrons. The molecule has 102 valence electrons. The summed E-state index contributed by atoms with van der Waals surface area (Å²) in [5.41, 5.74) is 5.89. The molecule has 1 aromatic carbocycles. The minimum Gasteiger partial charge on any atom is -0.338 e. The summed E-state index contributed by atoms with van der Waals surface area (Å²) in [5.74, 6) is 1.21. The highest BCUT2D eigenvalue weighted by molar-refractivity contribution is 7.98. The first kappa shape index (κ1) is 14.0. The zero-order valence-electron chi connectivity index (χ0n) is 10.7. The molecule has 2 rings (SSSR count). The highest BCUT2D eigenvalue weighted by Gasteiger charge is 2.14. The van der Waals surface area contributed by atoms with Crippen molar-refractivity contribution in [2.75, 3.05) is 0 Å². The van der Waals surface area contributed by atoms with Gasteiger partial charge in [0, 0.05) is 4.90 Å². The van der Waals surface area contributed by atoms with Crippen LogP contribution in [-0.2, 0) is 5.75 Å². The standard InChI is InChI=1S/C13H16FN3OS/c1-2-5-10(15)13-16-12(17-18-13)8-19-11-7-4-3-6-9(11)14/h3-4,6-7,10H,2,5,8,15H2,1H3/t10-/m1/s1. The summed E-state index contributed by atoms with van der Waals surface area (Å²) in [6.45, 7) is 2.05. The van der Waals surface area contributed by atoms with Crippen LogP contribution in [-0.4, -0.2) is 10.1 Å². The van der Waals surface area contributed by atoms with E-state index in [0.29, 0.717) is 22.4 Å². The van der Waals surface area contributed by atoms with Crippen LogP contribution in [0.3, 0.4) is 0 Å². The van der Waals surface area contributed by atoms with Gasteiger partial charge in [-0.05, 0) is 18.6 Å². The van der Waals surface area contributed by atoms with Crippen molar-refractivity contribution in [3.63, 3.8) is 0 Å². The Morgan fingerprint density at radius 3 is 2.95 bits per heavy atom. The third kappa shape index (κ3) is 3.78. The quantitative estimate of drug-likeness (QED) is 0.823. The SMILES string of the molecule is CCC[C@@H](N)c1nc(CSc2ccccc2F)no1. The zero-order chi connectivity index (χ0) is 13.7. The average molecular weight is 281 g/mol. The van der Waals surface area contributed by atoms with Crippen molar-refractivity contribution in [2.24, 2.45) is 5.73 Å². The van der Waals surface area contributed by atoms with Crippen molar-refractivity contribution in [2.45, 2.75) is 36.5 Å². The molecule has 0 spiro atoms. The molecule has 0 fully saturated rings. The first-order valence-electron chi connectivity index (χ1n) is 6.16. The van der Waals surface area contributed by atoms with Crippen molar-refractivity contribution < 1.29 is 8.91 Å². The molecule has 4 nitrogen and oxygen atoms in total. The molecule has 2 aromatic rings. The van der Waals surface area contributed by atoms with Crippen LogP contribution < -0.4 is 5.73 Å². The Hall–Kier alpha value is -1.40. The molecule has 1 atom stereocenters. The fourth-order valence-electron chi connectivity index (χ4n) is 1.62. The number of halogens is 1. The zero-order valence-corrected chi connectivity index (χ0v) is 11.5. The number of hydrogen-bond donors (Lipinski definition) is 1. The second kappa shape index (κ2) is 6.68. The van der Waals surface area contributed by atoms with E-state index in [4.69, 9.17) is 10.3 Å². The molecule has 0 aliphatic heterocycles. The molecule has 19 heavy (non-hydrogen) atoms. The van der Waals surface area contributed by atoms with Crippen molar-refractivity contribution in [1.82, 2.24) is 10.1 Å². The Morgan fingerprint density at radius 1 is 1.42 bits per heavy atom. The third-order valence-corrected chi connectivity index (χ3v) is 3.64. The first-order valence-corrected chi connectivity index (χ1v) is 7.14. The molecule has 0 aliphatic rings. The van der Waals surface area contributed by atoms with Gasteiger partial charge in [0.05, 0.1) is 11.8 Å². The summed E-state index contributed by atoms with van der Waals surface area (Å²) >= 11 is 1.34. The van der Waals surface area contributed by atoms with Crippen molar-refractivity contribution in [3.05, 3.63) is 41.8 Å². The topological polar surface area (TPSA) is 64.9 Å². The van der Waals surface area contributed by atoms with Gasteiger partial charge in [-0.2, -0.15) is 4.98 Å². The van der Waals surface area contributed by atoms with Gasteiger partial charge < -0.3 is 10.3 Å². The number of hydrogen-bond acceptors (Lipinski definition) is 5. The van der Waals surface area contributed by atoms with Gasteiger partial charge in [0.15, 0.2) is 5.82 Å². The van der Waals surface area contributed by atoms with Crippen LogP contribution in [0.1, 0.15) is 37.5 Å². The maximum Gasteiger partial charge on any atom is 0.243 e. The van der Waals surface area contributed by atoms with E-state index >= 15 is 0 Å². The van der Waals surface area contributed by atoms with Crippen LogP contribution in [0.25, 0.3) is 0 Å². The lowest BCUT2D eigenvalue weighted by molar-refractivity contribution is 0.345. The van der Waals surface area contributed by atoms with E-state index in [9.17, 15) is 4.39 Å². The molecular formula is C13H16FN3OS. The van der Waals surface area contributed by atoms with E-state index in [0.717, 1.165) is 12.8 Å². The number of benzene rings is 1. The van der Waals surface area contributed by atoms with Gasteiger partial charge in [-0.25, -0.2) is 4.39 Å². The van der Waals surface area contributed by atoms with Gasteiger partial charge >= 0.3 is 0 Å². The number of thioether (sulfide) groups is 1.